The molecule has 6 nitrogen and oxygen atoms in total. The minimum absolute atomic E-state index is 0.0675. The molecule has 0 atom stereocenters. The van der Waals surface area contributed by atoms with Gasteiger partial charge in [0.15, 0.2) is 0 Å². The standard InChI is InChI=1S/C14H10N4O2S2/c19-18(20)11-5-3-10(4-6-11)13-9-22-14(16-13)17-15-8-12-2-1-7-21-12/h1-9H,(H,16,17)/b15-8-. The molecule has 0 aliphatic heterocycles. The summed E-state index contributed by atoms with van der Waals surface area (Å²) in [4.78, 5) is 15.7. The molecule has 0 aliphatic rings. The number of rotatable bonds is 5. The van der Waals surface area contributed by atoms with Crippen LogP contribution in [0.3, 0.4) is 0 Å². The summed E-state index contributed by atoms with van der Waals surface area (Å²) in [6, 6.07) is 10.2. The number of thiazole rings is 1. The lowest BCUT2D eigenvalue weighted by Crippen LogP contribution is -1.89. The van der Waals surface area contributed by atoms with Gasteiger partial charge in [0.1, 0.15) is 0 Å². The Morgan fingerprint density at radius 2 is 2.05 bits per heavy atom. The normalized spacial score (nSPS) is 10.9. The topological polar surface area (TPSA) is 80.4 Å². The van der Waals surface area contributed by atoms with Crippen LogP contribution in [0, 0.1) is 10.1 Å². The van der Waals surface area contributed by atoms with E-state index in [4.69, 9.17) is 0 Å². The van der Waals surface area contributed by atoms with Gasteiger partial charge in [-0.15, -0.1) is 22.7 Å². The molecule has 0 fully saturated rings. The van der Waals surface area contributed by atoms with Crippen molar-refractivity contribution >= 4 is 39.7 Å². The van der Waals surface area contributed by atoms with Crippen LogP contribution >= 0.6 is 22.7 Å². The summed E-state index contributed by atoms with van der Waals surface area (Å²) < 4.78 is 0. The Morgan fingerprint density at radius 3 is 2.73 bits per heavy atom. The Morgan fingerprint density at radius 1 is 1.23 bits per heavy atom. The summed E-state index contributed by atoms with van der Waals surface area (Å²) in [6.07, 6.45) is 1.73. The monoisotopic (exact) mass is 330 g/mol. The van der Waals surface area contributed by atoms with Gasteiger partial charge in [-0.25, -0.2) is 4.98 Å². The molecule has 3 aromatic rings. The van der Waals surface area contributed by atoms with Crippen LogP contribution in [0.1, 0.15) is 4.88 Å². The largest absolute Gasteiger partial charge is 0.269 e. The van der Waals surface area contributed by atoms with E-state index in [0.717, 1.165) is 16.1 Å². The average Bonchev–Trinajstić information content (AvgIpc) is 3.19. The van der Waals surface area contributed by atoms with Crippen molar-refractivity contribution in [3.05, 3.63) is 62.1 Å². The molecular formula is C14H10N4O2S2. The highest BCUT2D eigenvalue weighted by Crippen LogP contribution is 2.26. The quantitative estimate of drug-likeness (QED) is 0.431. The molecule has 110 valence electrons. The van der Waals surface area contributed by atoms with E-state index in [1.807, 2.05) is 22.9 Å². The highest BCUT2D eigenvalue weighted by molar-refractivity contribution is 7.14. The zero-order valence-electron chi connectivity index (χ0n) is 11.2. The van der Waals surface area contributed by atoms with Gasteiger partial charge < -0.3 is 0 Å². The fourth-order valence-corrected chi connectivity index (χ4v) is 2.98. The minimum atomic E-state index is -0.420. The lowest BCUT2D eigenvalue weighted by molar-refractivity contribution is -0.384. The molecule has 2 heterocycles. The number of nitrogens with zero attached hydrogens (tertiary/aromatic N) is 3. The Hall–Kier alpha value is -2.58. The van der Waals surface area contributed by atoms with Crippen LogP contribution in [0.15, 0.2) is 52.3 Å². The number of nitrogens with one attached hydrogen (secondary N) is 1. The molecule has 0 saturated heterocycles. The molecule has 0 aliphatic carbocycles. The van der Waals surface area contributed by atoms with Crippen LogP contribution in [0.5, 0.6) is 0 Å². The molecule has 2 aromatic heterocycles. The van der Waals surface area contributed by atoms with E-state index >= 15 is 0 Å². The maximum absolute atomic E-state index is 10.6. The van der Waals surface area contributed by atoms with Crippen molar-refractivity contribution < 1.29 is 4.92 Å². The van der Waals surface area contributed by atoms with Crippen LogP contribution in [0.2, 0.25) is 0 Å². The highest BCUT2D eigenvalue weighted by atomic mass is 32.1. The van der Waals surface area contributed by atoms with Gasteiger partial charge in [0.2, 0.25) is 5.13 Å². The number of hydrogen-bond donors (Lipinski definition) is 1. The number of nitro benzene ring substituents is 1. The molecule has 22 heavy (non-hydrogen) atoms. The minimum Gasteiger partial charge on any atom is -0.258 e. The summed E-state index contributed by atoms with van der Waals surface area (Å²) in [7, 11) is 0. The molecule has 0 radical (unpaired) electrons. The first kappa shape index (κ1) is 14.4. The van der Waals surface area contributed by atoms with Gasteiger partial charge in [0.25, 0.3) is 5.69 Å². The fraction of sp³-hybridized carbons (Fsp3) is 0. The lowest BCUT2D eigenvalue weighted by atomic mass is 10.1. The summed E-state index contributed by atoms with van der Waals surface area (Å²) in [6.45, 7) is 0. The number of hydrazone groups is 1. The first-order valence-corrected chi connectivity index (χ1v) is 8.01. The van der Waals surface area contributed by atoms with E-state index in [-0.39, 0.29) is 5.69 Å². The highest BCUT2D eigenvalue weighted by Gasteiger charge is 2.07. The summed E-state index contributed by atoms with van der Waals surface area (Å²) in [5, 5.41) is 19.3. The summed E-state index contributed by atoms with van der Waals surface area (Å²) in [5.41, 5.74) is 4.53. The first-order valence-electron chi connectivity index (χ1n) is 6.25. The maximum Gasteiger partial charge on any atom is 0.269 e. The van der Waals surface area contributed by atoms with Crippen molar-refractivity contribution in [2.75, 3.05) is 5.43 Å². The van der Waals surface area contributed by atoms with Crippen molar-refractivity contribution in [3.8, 4) is 11.3 Å². The van der Waals surface area contributed by atoms with Crippen LogP contribution < -0.4 is 5.43 Å². The number of hydrogen-bond acceptors (Lipinski definition) is 7. The van der Waals surface area contributed by atoms with E-state index in [2.05, 4.69) is 15.5 Å². The van der Waals surface area contributed by atoms with Gasteiger partial charge in [-0.1, -0.05) is 6.07 Å². The summed E-state index contributed by atoms with van der Waals surface area (Å²) in [5.74, 6) is 0. The second kappa shape index (κ2) is 6.46. The predicted octanol–water partition coefficient (Wildman–Crippen LogP) is 4.23. The second-order valence-electron chi connectivity index (χ2n) is 4.23. The van der Waals surface area contributed by atoms with Gasteiger partial charge in [0.05, 0.1) is 16.8 Å². The van der Waals surface area contributed by atoms with Crippen molar-refractivity contribution in [3.63, 3.8) is 0 Å². The lowest BCUT2D eigenvalue weighted by Gasteiger charge is -1.96. The number of benzene rings is 1. The zero-order chi connectivity index (χ0) is 15.4. The molecular weight excluding hydrogens is 320 g/mol. The maximum atomic E-state index is 10.6. The number of aromatic nitrogens is 1. The first-order chi connectivity index (χ1) is 10.7. The molecule has 1 aromatic carbocycles. The molecule has 0 unspecified atom stereocenters. The molecule has 8 heteroatoms. The Kier molecular flexibility index (Phi) is 4.22. The average molecular weight is 330 g/mol. The van der Waals surface area contributed by atoms with Gasteiger partial charge in [0, 0.05) is 28.0 Å². The van der Waals surface area contributed by atoms with Crippen molar-refractivity contribution in [2.45, 2.75) is 0 Å². The number of anilines is 1. The zero-order valence-corrected chi connectivity index (χ0v) is 12.8. The SMILES string of the molecule is O=[N+]([O-])c1ccc(-c2csc(N/N=C\c3cccs3)n2)cc1. The number of nitro groups is 1. The van der Waals surface area contributed by atoms with Gasteiger partial charge in [-0.05, 0) is 23.6 Å². The summed E-state index contributed by atoms with van der Waals surface area (Å²) >= 11 is 3.03. The van der Waals surface area contributed by atoms with Crippen LogP contribution in [-0.2, 0) is 0 Å². The molecule has 0 saturated carbocycles. The van der Waals surface area contributed by atoms with Gasteiger partial charge in [-0.2, -0.15) is 5.10 Å². The Labute approximate surface area is 133 Å². The smallest absolute Gasteiger partial charge is 0.258 e. The van der Waals surface area contributed by atoms with Crippen LogP contribution in [-0.4, -0.2) is 16.1 Å². The van der Waals surface area contributed by atoms with Crippen molar-refractivity contribution in [1.82, 2.24) is 4.98 Å². The van der Waals surface area contributed by atoms with Crippen LogP contribution in [0.25, 0.3) is 11.3 Å². The van der Waals surface area contributed by atoms with Gasteiger partial charge >= 0.3 is 0 Å². The number of non-ortho nitro benzene ring substituents is 1. The number of thiophene rings is 1. The second-order valence-corrected chi connectivity index (χ2v) is 6.06. The van der Waals surface area contributed by atoms with E-state index in [1.54, 1.807) is 29.7 Å². The third kappa shape index (κ3) is 3.35. The van der Waals surface area contributed by atoms with Crippen LogP contribution in [0.4, 0.5) is 10.8 Å². The molecule has 0 bridgehead atoms. The fourth-order valence-electron chi connectivity index (χ4n) is 1.73. The third-order valence-electron chi connectivity index (χ3n) is 2.77. The van der Waals surface area contributed by atoms with E-state index in [1.165, 1.54) is 23.5 Å². The third-order valence-corrected chi connectivity index (χ3v) is 4.33. The molecule has 1 N–H and O–H groups in total. The van der Waals surface area contributed by atoms with Crippen molar-refractivity contribution in [2.24, 2.45) is 5.10 Å². The van der Waals surface area contributed by atoms with E-state index in [9.17, 15) is 10.1 Å². The Bertz CT molecular complexity index is 795. The Balaban J connectivity index is 1.69. The van der Waals surface area contributed by atoms with E-state index in [0.29, 0.717) is 5.13 Å². The molecule has 0 spiro atoms. The van der Waals surface area contributed by atoms with Crippen molar-refractivity contribution in [1.29, 1.82) is 0 Å². The predicted molar refractivity (Wildman–Crippen MR) is 89.7 cm³/mol. The van der Waals surface area contributed by atoms with Gasteiger partial charge in [-0.3, -0.25) is 15.5 Å². The molecule has 0 amide bonds. The molecule has 3 rings (SSSR count). The van der Waals surface area contributed by atoms with E-state index < -0.39 is 4.92 Å².